The third-order valence-corrected chi connectivity index (χ3v) is 11.1. The zero-order valence-electron chi connectivity index (χ0n) is 29.7. The number of hydrogen-bond acceptors (Lipinski definition) is 7. The maximum atomic E-state index is 5.18. The summed E-state index contributed by atoms with van der Waals surface area (Å²) in [7, 11) is 0. The summed E-state index contributed by atoms with van der Waals surface area (Å²) in [6.45, 7) is 0. The van der Waals surface area contributed by atoms with E-state index in [0.29, 0.717) is 0 Å². The largest absolute Gasteiger partial charge is 0.374 e. The number of hydrogen-bond donors (Lipinski definition) is 4. The van der Waals surface area contributed by atoms with Gasteiger partial charge in [-0.1, -0.05) is 140 Å². The summed E-state index contributed by atoms with van der Waals surface area (Å²) < 4.78 is 0. The lowest BCUT2D eigenvalue weighted by Gasteiger charge is -2.28. The fourth-order valence-electron chi connectivity index (χ4n) is 8.22. The fraction of sp³-hybridized carbons (Fsp3) is 0.0625. The van der Waals surface area contributed by atoms with Gasteiger partial charge < -0.3 is 16.1 Å². The van der Waals surface area contributed by atoms with Gasteiger partial charge in [0.2, 0.25) is 0 Å². The third-order valence-electron chi connectivity index (χ3n) is 11.1. The van der Waals surface area contributed by atoms with E-state index < -0.39 is 0 Å². The Morgan fingerprint density at radius 3 is 2.38 bits per heavy atom. The van der Waals surface area contributed by atoms with E-state index in [-0.39, 0.29) is 18.2 Å². The molecule has 0 bridgehead atoms. The Hall–Kier alpha value is -7.09. The minimum absolute atomic E-state index is 0.0105. The van der Waals surface area contributed by atoms with Crippen LogP contribution in [0.4, 0.5) is 5.69 Å². The maximum absolute atomic E-state index is 5.18. The van der Waals surface area contributed by atoms with Crippen molar-refractivity contribution in [3.8, 4) is 11.3 Å². The number of aromatic nitrogens is 2. The Balaban J connectivity index is 0.899. The minimum atomic E-state index is -0.188. The molecule has 5 heterocycles. The van der Waals surface area contributed by atoms with E-state index in [0.717, 1.165) is 61.3 Å². The standard InChI is InChI=1S/C48H35N7/c1-2-6-29(7-3-1)40-23-18-32-12-13-33-19-24-42(54-47(33)46(32)53-40)39-21-20-36(37-8-4-5-9-38(37)39)34-14-10-30-16-22-41(51-44(30)26-34)35-15-11-31-17-25-43(52-45(31)27-35)48-49-28-50-55-48/h1-28,42,44,48,51,54-55H,(H,49,50). The molecule has 7 heteroatoms. The highest BCUT2D eigenvalue weighted by Gasteiger charge is 2.24. The average molecular weight is 710 g/mol. The Morgan fingerprint density at radius 2 is 1.47 bits per heavy atom. The molecule has 0 fully saturated rings. The van der Waals surface area contributed by atoms with E-state index in [1.165, 1.54) is 33.0 Å². The number of anilines is 1. The number of fused-ring (bicyclic) bond motifs is 6. The number of hydrazine groups is 1. The molecule has 4 N–H and O–H groups in total. The van der Waals surface area contributed by atoms with Gasteiger partial charge in [-0.3, -0.25) is 0 Å². The molecule has 0 radical (unpaired) electrons. The first-order chi connectivity index (χ1) is 27.2. The Morgan fingerprint density at radius 1 is 0.618 bits per heavy atom. The van der Waals surface area contributed by atoms with Crippen molar-refractivity contribution in [3.05, 3.63) is 191 Å². The molecule has 0 saturated carbocycles. The molecule has 3 unspecified atom stereocenters. The van der Waals surface area contributed by atoms with Crippen molar-refractivity contribution in [1.29, 1.82) is 0 Å². The van der Waals surface area contributed by atoms with Crippen LogP contribution >= 0.6 is 0 Å². The number of nitrogens with one attached hydrogen (secondary N) is 4. The number of dihydropyridines is 1. The molecule has 11 rings (SSSR count). The first kappa shape index (κ1) is 31.4. The van der Waals surface area contributed by atoms with E-state index in [1.54, 1.807) is 6.34 Å². The predicted molar refractivity (Wildman–Crippen MR) is 226 cm³/mol. The van der Waals surface area contributed by atoms with Crippen molar-refractivity contribution in [2.24, 2.45) is 4.99 Å². The summed E-state index contributed by atoms with van der Waals surface area (Å²) in [6, 6.07) is 43.0. The Labute approximate surface area is 318 Å². The van der Waals surface area contributed by atoms with Crippen LogP contribution in [0.1, 0.15) is 40.2 Å². The Bertz CT molecular complexity index is 2900. The number of aliphatic imine (C=N–C) groups is 1. The molecule has 7 aromatic rings. The number of nitrogens with zero attached hydrogens (tertiary/aromatic N) is 3. The quantitative estimate of drug-likeness (QED) is 0.142. The number of rotatable bonds is 5. The summed E-state index contributed by atoms with van der Waals surface area (Å²) in [5.41, 5.74) is 20.2. The van der Waals surface area contributed by atoms with E-state index in [4.69, 9.17) is 9.97 Å². The third kappa shape index (κ3) is 5.52. The SMILES string of the molecule is C1=CC2=CC=C(c3ccc4ccc(C5N=CNN5)nc4c3)NC2C=C1c1ccc(C2C=Cc3ccc4ccc(-c5ccccc5)nc4c3N2)c2ccccc12. The molecule has 0 spiro atoms. The number of allylic oxidation sites excluding steroid dienone is 4. The van der Waals surface area contributed by atoms with Crippen molar-refractivity contribution in [3.63, 3.8) is 0 Å². The first-order valence-electron chi connectivity index (χ1n) is 18.7. The first-order valence-corrected chi connectivity index (χ1v) is 18.7. The highest BCUT2D eigenvalue weighted by molar-refractivity contribution is 6.01. The second-order valence-corrected chi connectivity index (χ2v) is 14.3. The molecule has 0 saturated heterocycles. The van der Waals surface area contributed by atoms with Gasteiger partial charge in [0.15, 0.2) is 6.17 Å². The van der Waals surface area contributed by atoms with Crippen LogP contribution in [0, 0.1) is 0 Å². The van der Waals surface area contributed by atoms with E-state index in [9.17, 15) is 0 Å². The molecule has 55 heavy (non-hydrogen) atoms. The van der Waals surface area contributed by atoms with Gasteiger partial charge in [0.1, 0.15) is 0 Å². The fourth-order valence-corrected chi connectivity index (χ4v) is 8.22. The summed E-state index contributed by atoms with van der Waals surface area (Å²) >= 11 is 0. The molecule has 1 aliphatic carbocycles. The van der Waals surface area contributed by atoms with Crippen LogP contribution in [0.3, 0.4) is 0 Å². The average Bonchev–Trinajstić information content (AvgIpc) is 3.81. The van der Waals surface area contributed by atoms with Gasteiger partial charge in [0.05, 0.1) is 46.5 Å². The highest BCUT2D eigenvalue weighted by atomic mass is 15.5. The molecule has 2 aromatic heterocycles. The van der Waals surface area contributed by atoms with Crippen LogP contribution in [-0.2, 0) is 0 Å². The molecule has 7 nitrogen and oxygen atoms in total. The molecule has 4 aliphatic rings. The lowest BCUT2D eigenvalue weighted by molar-refractivity contribution is 0.564. The monoisotopic (exact) mass is 709 g/mol. The number of pyridine rings is 2. The van der Waals surface area contributed by atoms with Crippen LogP contribution in [0.25, 0.3) is 61.2 Å². The van der Waals surface area contributed by atoms with Gasteiger partial charge in [-0.2, -0.15) is 0 Å². The summed E-state index contributed by atoms with van der Waals surface area (Å²) in [6.07, 6.45) is 17.2. The summed E-state index contributed by atoms with van der Waals surface area (Å²) in [4.78, 5) is 14.5. The van der Waals surface area contributed by atoms with E-state index >= 15 is 0 Å². The molecular weight excluding hydrogens is 675 g/mol. The molecule has 3 atom stereocenters. The smallest absolute Gasteiger partial charge is 0.160 e. The Kier molecular flexibility index (Phi) is 7.31. The van der Waals surface area contributed by atoms with Gasteiger partial charge >= 0.3 is 0 Å². The van der Waals surface area contributed by atoms with Gasteiger partial charge in [-0.15, -0.1) is 0 Å². The summed E-state index contributed by atoms with van der Waals surface area (Å²) in [5.74, 6) is 0. The number of benzene rings is 5. The van der Waals surface area contributed by atoms with Gasteiger partial charge in [-0.05, 0) is 68.4 Å². The second-order valence-electron chi connectivity index (χ2n) is 14.3. The highest BCUT2D eigenvalue weighted by Crippen LogP contribution is 2.40. The van der Waals surface area contributed by atoms with Gasteiger partial charge in [-0.25, -0.2) is 20.4 Å². The topological polar surface area (TPSA) is 86.3 Å². The molecule has 3 aliphatic heterocycles. The minimum Gasteiger partial charge on any atom is -0.374 e. The van der Waals surface area contributed by atoms with Crippen molar-refractivity contribution in [1.82, 2.24) is 26.1 Å². The second kappa shape index (κ2) is 12.8. The van der Waals surface area contributed by atoms with Gasteiger partial charge in [0, 0.05) is 22.0 Å². The maximum Gasteiger partial charge on any atom is 0.160 e. The van der Waals surface area contributed by atoms with Crippen molar-refractivity contribution in [2.75, 3.05) is 5.32 Å². The predicted octanol–water partition coefficient (Wildman–Crippen LogP) is 9.81. The van der Waals surface area contributed by atoms with Crippen molar-refractivity contribution < 1.29 is 0 Å². The molecule has 0 amide bonds. The zero-order valence-corrected chi connectivity index (χ0v) is 29.7. The lowest BCUT2D eigenvalue weighted by atomic mass is 9.86. The van der Waals surface area contributed by atoms with Crippen LogP contribution in [0.2, 0.25) is 0 Å². The van der Waals surface area contributed by atoms with Crippen LogP contribution in [-0.4, -0.2) is 22.3 Å². The van der Waals surface area contributed by atoms with E-state index in [1.807, 2.05) is 12.1 Å². The van der Waals surface area contributed by atoms with Gasteiger partial charge in [0.25, 0.3) is 0 Å². The normalized spacial score (nSPS) is 19.6. The van der Waals surface area contributed by atoms with Crippen molar-refractivity contribution in [2.45, 2.75) is 18.2 Å². The van der Waals surface area contributed by atoms with Crippen LogP contribution < -0.4 is 21.5 Å². The van der Waals surface area contributed by atoms with Crippen LogP contribution in [0.5, 0.6) is 0 Å². The molecular formula is C48H35N7. The summed E-state index contributed by atoms with van der Waals surface area (Å²) in [5, 5.41) is 12.4. The zero-order chi connectivity index (χ0) is 36.3. The van der Waals surface area contributed by atoms with E-state index in [2.05, 4.69) is 178 Å². The molecule has 5 aromatic carbocycles. The van der Waals surface area contributed by atoms with Crippen molar-refractivity contribution >= 4 is 62.0 Å². The van der Waals surface area contributed by atoms with Crippen LogP contribution in [0.15, 0.2) is 168 Å². The lowest BCUT2D eigenvalue weighted by Crippen LogP contribution is -2.31. The molecule has 262 valence electrons.